The second-order valence-electron chi connectivity index (χ2n) is 3.75. The van der Waals surface area contributed by atoms with E-state index in [1.807, 2.05) is 6.07 Å². The Hall–Kier alpha value is -2.22. The molecule has 102 valence electrons. The van der Waals surface area contributed by atoms with E-state index >= 15 is 0 Å². The predicted molar refractivity (Wildman–Crippen MR) is 68.8 cm³/mol. The van der Waals surface area contributed by atoms with E-state index in [0.717, 1.165) is 11.6 Å². The molecule has 2 aromatic rings. The molecular formula is C11H16N6O2. The summed E-state index contributed by atoms with van der Waals surface area (Å²) in [6.07, 6.45) is 2.02. The Morgan fingerprint density at radius 1 is 1.32 bits per heavy atom. The molecule has 2 aromatic heterocycles. The van der Waals surface area contributed by atoms with Gasteiger partial charge in [-0.05, 0) is 0 Å². The highest BCUT2D eigenvalue weighted by Gasteiger charge is 2.04. The van der Waals surface area contributed by atoms with Crippen LogP contribution in [0.3, 0.4) is 0 Å². The number of methoxy groups -OCH3 is 1. The summed E-state index contributed by atoms with van der Waals surface area (Å²) in [5, 5.41) is 9.71. The summed E-state index contributed by atoms with van der Waals surface area (Å²) in [6, 6.07) is 1.83. The van der Waals surface area contributed by atoms with E-state index in [9.17, 15) is 0 Å². The van der Waals surface area contributed by atoms with Gasteiger partial charge < -0.3 is 19.9 Å². The summed E-state index contributed by atoms with van der Waals surface area (Å²) in [5.74, 6) is 2.68. The van der Waals surface area contributed by atoms with Gasteiger partial charge in [0.25, 0.3) is 0 Å². The van der Waals surface area contributed by atoms with E-state index in [4.69, 9.17) is 9.26 Å². The van der Waals surface area contributed by atoms with Crippen LogP contribution >= 0.6 is 0 Å². The third-order valence-electron chi connectivity index (χ3n) is 2.35. The van der Waals surface area contributed by atoms with Crippen molar-refractivity contribution >= 4 is 11.6 Å². The van der Waals surface area contributed by atoms with Gasteiger partial charge in [-0.25, -0.2) is 9.97 Å². The number of hydrogen-bond donors (Lipinski definition) is 2. The Balaban J connectivity index is 1.96. The fraction of sp³-hybridized carbons (Fsp3) is 0.455. The van der Waals surface area contributed by atoms with Crippen LogP contribution in [0.4, 0.5) is 11.6 Å². The summed E-state index contributed by atoms with van der Waals surface area (Å²) in [4.78, 5) is 12.6. The van der Waals surface area contributed by atoms with Crippen molar-refractivity contribution in [3.8, 4) is 0 Å². The van der Waals surface area contributed by atoms with Gasteiger partial charge in [0.05, 0.1) is 0 Å². The Labute approximate surface area is 110 Å². The largest absolute Gasteiger partial charge is 0.377 e. The number of anilines is 2. The molecule has 8 nitrogen and oxygen atoms in total. The zero-order valence-electron chi connectivity index (χ0n) is 10.9. The molecule has 0 atom stereocenters. The summed E-state index contributed by atoms with van der Waals surface area (Å²) >= 11 is 0. The van der Waals surface area contributed by atoms with Crippen molar-refractivity contribution in [3.05, 3.63) is 24.1 Å². The normalized spacial score (nSPS) is 10.4. The minimum Gasteiger partial charge on any atom is -0.377 e. The fourth-order valence-corrected chi connectivity index (χ4v) is 1.51. The Morgan fingerprint density at radius 2 is 2.16 bits per heavy atom. The molecule has 0 unspecified atom stereocenters. The topological polar surface area (TPSA) is 98.0 Å². The van der Waals surface area contributed by atoms with E-state index in [0.29, 0.717) is 31.3 Å². The molecule has 2 N–H and O–H groups in total. The van der Waals surface area contributed by atoms with Crippen LogP contribution in [0.5, 0.6) is 0 Å². The van der Waals surface area contributed by atoms with Crippen LogP contribution in [0.25, 0.3) is 0 Å². The van der Waals surface area contributed by atoms with Gasteiger partial charge >= 0.3 is 0 Å². The molecule has 2 rings (SSSR count). The number of rotatable bonds is 7. The molecule has 0 radical (unpaired) electrons. The maximum absolute atomic E-state index is 5.03. The van der Waals surface area contributed by atoms with E-state index in [1.54, 1.807) is 14.2 Å². The highest BCUT2D eigenvalue weighted by molar-refractivity contribution is 5.47. The monoisotopic (exact) mass is 264 g/mol. The van der Waals surface area contributed by atoms with Gasteiger partial charge in [-0.3, -0.25) is 0 Å². The predicted octanol–water partition coefficient (Wildman–Crippen LogP) is 0.702. The van der Waals surface area contributed by atoms with E-state index in [-0.39, 0.29) is 0 Å². The maximum atomic E-state index is 5.03. The Bertz CT molecular complexity index is 502. The lowest BCUT2D eigenvalue weighted by molar-refractivity contribution is 0.178. The van der Waals surface area contributed by atoms with E-state index < -0.39 is 0 Å². The van der Waals surface area contributed by atoms with Crippen LogP contribution < -0.4 is 10.6 Å². The van der Waals surface area contributed by atoms with Crippen LogP contribution in [0.2, 0.25) is 0 Å². The number of nitrogens with zero attached hydrogens (tertiary/aromatic N) is 4. The molecule has 0 bridgehead atoms. The summed E-state index contributed by atoms with van der Waals surface area (Å²) < 4.78 is 9.94. The van der Waals surface area contributed by atoms with Crippen molar-refractivity contribution in [3.63, 3.8) is 0 Å². The quantitative estimate of drug-likeness (QED) is 0.754. The van der Waals surface area contributed by atoms with Gasteiger partial charge in [-0.2, -0.15) is 4.98 Å². The van der Waals surface area contributed by atoms with Gasteiger partial charge in [0, 0.05) is 33.2 Å². The lowest BCUT2D eigenvalue weighted by Crippen LogP contribution is -2.10. The third kappa shape index (κ3) is 3.88. The van der Waals surface area contributed by atoms with Crippen molar-refractivity contribution in [1.29, 1.82) is 0 Å². The molecule has 0 aliphatic heterocycles. The first-order valence-electron chi connectivity index (χ1n) is 5.86. The molecule has 19 heavy (non-hydrogen) atoms. The molecule has 0 spiro atoms. The molecule has 0 amide bonds. The minimum absolute atomic E-state index is 0.369. The molecule has 8 heteroatoms. The molecular weight excluding hydrogens is 248 g/mol. The lowest BCUT2D eigenvalue weighted by Gasteiger charge is -2.08. The molecule has 0 saturated heterocycles. The fourth-order valence-electron chi connectivity index (χ4n) is 1.51. The lowest BCUT2D eigenvalue weighted by atomic mass is 10.4. The molecule has 0 aliphatic carbocycles. The summed E-state index contributed by atoms with van der Waals surface area (Å²) in [5.41, 5.74) is 0. The van der Waals surface area contributed by atoms with E-state index in [1.165, 1.54) is 6.33 Å². The molecule has 0 saturated carbocycles. The molecule has 2 heterocycles. The first kappa shape index (κ1) is 13.2. The maximum Gasteiger partial charge on any atom is 0.228 e. The van der Waals surface area contributed by atoms with E-state index in [2.05, 4.69) is 30.7 Å². The van der Waals surface area contributed by atoms with Crippen molar-refractivity contribution in [2.45, 2.75) is 13.0 Å². The van der Waals surface area contributed by atoms with Crippen molar-refractivity contribution < 1.29 is 9.26 Å². The van der Waals surface area contributed by atoms with Crippen molar-refractivity contribution in [2.75, 3.05) is 31.3 Å². The van der Waals surface area contributed by atoms with Gasteiger partial charge in [-0.1, -0.05) is 5.16 Å². The third-order valence-corrected chi connectivity index (χ3v) is 2.35. The minimum atomic E-state index is 0.369. The number of nitrogens with one attached hydrogen (secondary N) is 2. The molecule has 0 fully saturated rings. The SMILES string of the molecule is CNc1cc(NCCc2ncno2)nc(COC)n1. The van der Waals surface area contributed by atoms with Crippen LogP contribution in [0.15, 0.2) is 16.9 Å². The smallest absolute Gasteiger partial charge is 0.228 e. The first-order valence-corrected chi connectivity index (χ1v) is 5.86. The first-order chi connectivity index (χ1) is 9.31. The van der Waals surface area contributed by atoms with Gasteiger partial charge in [0.1, 0.15) is 18.2 Å². The Kier molecular flexibility index (Phi) is 4.62. The second kappa shape index (κ2) is 6.64. The van der Waals surface area contributed by atoms with Crippen molar-refractivity contribution in [1.82, 2.24) is 20.1 Å². The van der Waals surface area contributed by atoms with Gasteiger partial charge in [-0.15, -0.1) is 0 Å². The highest BCUT2D eigenvalue weighted by Crippen LogP contribution is 2.11. The summed E-state index contributed by atoms with van der Waals surface area (Å²) in [6.45, 7) is 1.02. The van der Waals surface area contributed by atoms with Crippen molar-refractivity contribution in [2.24, 2.45) is 0 Å². The standard InChI is InChI=1S/C11H16N6O2/c1-12-8-5-9(17-10(16-8)6-18-2)13-4-3-11-14-7-15-19-11/h5,7H,3-4,6H2,1-2H3,(H2,12,13,16,17). The number of aromatic nitrogens is 4. The zero-order chi connectivity index (χ0) is 13.5. The van der Waals surface area contributed by atoms with Gasteiger partial charge in [0.15, 0.2) is 12.2 Å². The zero-order valence-corrected chi connectivity index (χ0v) is 10.9. The average molecular weight is 264 g/mol. The number of hydrogen-bond acceptors (Lipinski definition) is 8. The highest BCUT2D eigenvalue weighted by atomic mass is 16.5. The van der Waals surface area contributed by atoms with Crippen LogP contribution in [0, 0.1) is 0 Å². The van der Waals surface area contributed by atoms with Crippen LogP contribution in [0.1, 0.15) is 11.7 Å². The van der Waals surface area contributed by atoms with Gasteiger partial charge in [0.2, 0.25) is 5.89 Å². The van der Waals surface area contributed by atoms with Crippen LogP contribution in [-0.4, -0.2) is 40.8 Å². The van der Waals surface area contributed by atoms with Crippen LogP contribution in [-0.2, 0) is 17.8 Å². The molecule has 0 aliphatic rings. The molecule has 0 aromatic carbocycles. The second-order valence-corrected chi connectivity index (χ2v) is 3.75. The Morgan fingerprint density at radius 3 is 2.84 bits per heavy atom. The average Bonchev–Trinajstić information content (AvgIpc) is 2.92. The summed E-state index contributed by atoms with van der Waals surface area (Å²) in [7, 11) is 3.42. The number of ether oxygens (including phenoxy) is 1.